The van der Waals surface area contributed by atoms with Gasteiger partial charge >= 0.3 is 6.16 Å². The molecule has 196 valence electrons. The van der Waals surface area contributed by atoms with Crippen molar-refractivity contribution in [2.24, 2.45) is 0 Å². The van der Waals surface area contributed by atoms with Gasteiger partial charge in [0.2, 0.25) is 0 Å². The number of phenols is 1. The first-order valence-corrected chi connectivity index (χ1v) is 11.3. The number of ether oxygens (including phenoxy) is 4. The van der Waals surface area contributed by atoms with Gasteiger partial charge < -0.3 is 43.8 Å². The number of methoxy groups -OCH3 is 1. The molecular weight excluding hydrogens is 488 g/mol. The molecule has 37 heavy (non-hydrogen) atoms. The normalized spacial score (nSPS) is 22.5. The minimum Gasteiger partial charge on any atom is -0.507 e. The largest absolute Gasteiger partial charge is 0.513 e. The Hall–Kier alpha value is -4.06. The number of aryl methyl sites for hydroxylation is 2. The number of hydrogen-bond donors (Lipinski definition) is 4. The standard InChI is InChI=1S/C26H26O11/c1-13-9-17(28)21(16(27)5-3-14-4-6-18-15(11-14)7-8-34-18)19(10-13)36-25-24(31)23(30)22(29)20(37-25)12-35-26(32)33-2/h4,6-12,22-25,28-31H,3,5H2,1-2H3/b20-12+/t22-,23+,24-,25?/m1/s1. The molecule has 0 bridgehead atoms. The van der Waals surface area contributed by atoms with E-state index in [2.05, 4.69) is 9.47 Å². The van der Waals surface area contributed by atoms with Crippen LogP contribution in [0.1, 0.15) is 27.9 Å². The number of carbonyl (C=O) groups is 2. The van der Waals surface area contributed by atoms with Crippen LogP contribution in [0.2, 0.25) is 0 Å². The van der Waals surface area contributed by atoms with Crippen LogP contribution in [0.3, 0.4) is 0 Å². The smallest absolute Gasteiger partial charge is 0.507 e. The van der Waals surface area contributed by atoms with Crippen molar-refractivity contribution in [2.75, 3.05) is 7.11 Å². The van der Waals surface area contributed by atoms with Crippen LogP contribution in [0.15, 0.2) is 59.1 Å². The monoisotopic (exact) mass is 514 g/mol. The van der Waals surface area contributed by atoms with Crippen LogP contribution in [-0.4, -0.2) is 64.1 Å². The fourth-order valence-electron chi connectivity index (χ4n) is 3.92. The van der Waals surface area contributed by atoms with E-state index in [1.165, 1.54) is 12.1 Å². The number of aliphatic hydroxyl groups is 3. The summed E-state index contributed by atoms with van der Waals surface area (Å²) < 4.78 is 25.4. The Balaban J connectivity index is 1.55. The zero-order valence-corrected chi connectivity index (χ0v) is 20.0. The Morgan fingerprint density at radius 2 is 1.86 bits per heavy atom. The van der Waals surface area contributed by atoms with Crippen molar-refractivity contribution in [3.63, 3.8) is 0 Å². The molecule has 0 aliphatic carbocycles. The van der Waals surface area contributed by atoms with Crippen LogP contribution in [0, 0.1) is 6.92 Å². The van der Waals surface area contributed by atoms with Gasteiger partial charge in [-0.25, -0.2) is 4.79 Å². The van der Waals surface area contributed by atoms with Gasteiger partial charge in [-0.05, 0) is 54.8 Å². The number of aliphatic hydroxyl groups excluding tert-OH is 3. The van der Waals surface area contributed by atoms with Crippen molar-refractivity contribution in [2.45, 2.75) is 44.4 Å². The minimum atomic E-state index is -1.78. The predicted molar refractivity (Wildman–Crippen MR) is 127 cm³/mol. The summed E-state index contributed by atoms with van der Waals surface area (Å²) in [5.41, 5.74) is 2.03. The zero-order valence-electron chi connectivity index (χ0n) is 20.0. The van der Waals surface area contributed by atoms with Crippen molar-refractivity contribution in [3.8, 4) is 11.5 Å². The fourth-order valence-corrected chi connectivity index (χ4v) is 3.92. The second-order valence-corrected chi connectivity index (χ2v) is 8.50. The summed E-state index contributed by atoms with van der Waals surface area (Å²) in [6.45, 7) is 1.66. The van der Waals surface area contributed by atoms with E-state index in [1.54, 1.807) is 13.2 Å². The second kappa shape index (κ2) is 10.9. The lowest BCUT2D eigenvalue weighted by Crippen LogP contribution is -2.54. The summed E-state index contributed by atoms with van der Waals surface area (Å²) in [7, 11) is 1.07. The molecule has 1 saturated heterocycles. The van der Waals surface area contributed by atoms with E-state index in [4.69, 9.17) is 13.9 Å². The highest BCUT2D eigenvalue weighted by molar-refractivity contribution is 6.01. The number of carbonyl (C=O) groups excluding carboxylic acids is 2. The number of ketones is 1. The van der Waals surface area contributed by atoms with E-state index in [-0.39, 0.29) is 23.5 Å². The Morgan fingerprint density at radius 3 is 2.62 bits per heavy atom. The third-order valence-corrected chi connectivity index (χ3v) is 5.84. The number of phenolic OH excluding ortho intramolecular Hbond substituents is 1. The van der Waals surface area contributed by atoms with Crippen LogP contribution < -0.4 is 4.74 Å². The van der Waals surface area contributed by atoms with E-state index >= 15 is 0 Å². The fraction of sp³-hybridized carbons (Fsp3) is 0.308. The average Bonchev–Trinajstić information content (AvgIpc) is 3.34. The average molecular weight is 514 g/mol. The lowest BCUT2D eigenvalue weighted by atomic mass is 9.99. The predicted octanol–water partition coefficient (Wildman–Crippen LogP) is 2.70. The minimum absolute atomic E-state index is 0.0316. The first-order chi connectivity index (χ1) is 17.7. The Morgan fingerprint density at radius 1 is 1.08 bits per heavy atom. The van der Waals surface area contributed by atoms with Crippen LogP contribution in [0.5, 0.6) is 11.5 Å². The Kier molecular flexibility index (Phi) is 7.67. The molecule has 1 aromatic heterocycles. The van der Waals surface area contributed by atoms with Crippen molar-refractivity contribution in [1.82, 2.24) is 0 Å². The second-order valence-electron chi connectivity index (χ2n) is 8.50. The first-order valence-electron chi connectivity index (χ1n) is 11.3. The maximum Gasteiger partial charge on any atom is 0.513 e. The van der Waals surface area contributed by atoms with E-state index < -0.39 is 42.3 Å². The van der Waals surface area contributed by atoms with Crippen LogP contribution in [0.25, 0.3) is 11.0 Å². The molecule has 4 N–H and O–H groups in total. The SMILES string of the molecule is COC(=O)O/C=C1/OC(Oc2cc(C)cc(O)c2C(=O)CCc2ccc3occc3c2)[C@H](O)[C@@H](O)[C@@H]1O. The highest BCUT2D eigenvalue weighted by Gasteiger charge is 2.43. The number of furan rings is 1. The molecule has 1 aliphatic rings. The summed E-state index contributed by atoms with van der Waals surface area (Å²) in [4.78, 5) is 24.4. The Labute approximate surface area is 211 Å². The first kappa shape index (κ1) is 26.0. The van der Waals surface area contributed by atoms with Gasteiger partial charge in [-0.2, -0.15) is 0 Å². The lowest BCUT2D eigenvalue weighted by Gasteiger charge is -2.36. The molecule has 3 aromatic rings. The highest BCUT2D eigenvalue weighted by atomic mass is 16.7. The molecule has 0 amide bonds. The molecule has 2 aromatic carbocycles. The zero-order chi connectivity index (χ0) is 26.7. The molecule has 0 spiro atoms. The molecule has 11 heteroatoms. The van der Waals surface area contributed by atoms with Gasteiger partial charge in [0.05, 0.1) is 13.4 Å². The highest BCUT2D eigenvalue weighted by Crippen LogP contribution is 2.34. The third kappa shape index (κ3) is 5.69. The quantitative estimate of drug-likeness (QED) is 0.208. The van der Waals surface area contributed by atoms with E-state index in [0.717, 1.165) is 23.6 Å². The van der Waals surface area contributed by atoms with Gasteiger partial charge in [0.25, 0.3) is 6.29 Å². The van der Waals surface area contributed by atoms with Crippen molar-refractivity contribution < 1.29 is 53.4 Å². The van der Waals surface area contributed by atoms with Gasteiger partial charge in [-0.3, -0.25) is 4.79 Å². The maximum absolute atomic E-state index is 13.2. The number of Topliss-reactive ketones (excluding diaryl/α,β-unsaturated/α-hetero) is 1. The number of hydrogen-bond acceptors (Lipinski definition) is 11. The summed E-state index contributed by atoms with van der Waals surface area (Å²) in [6.07, 6.45) is -5.31. The van der Waals surface area contributed by atoms with Crippen LogP contribution in [0.4, 0.5) is 4.79 Å². The molecule has 0 radical (unpaired) electrons. The van der Waals surface area contributed by atoms with Gasteiger partial charge in [-0.1, -0.05) is 6.07 Å². The van der Waals surface area contributed by atoms with E-state index in [0.29, 0.717) is 18.2 Å². The molecule has 1 aliphatic heterocycles. The molecule has 11 nitrogen and oxygen atoms in total. The van der Waals surface area contributed by atoms with Crippen LogP contribution in [-0.2, 0) is 20.6 Å². The molecule has 1 unspecified atom stereocenters. The van der Waals surface area contributed by atoms with Crippen molar-refractivity contribution >= 4 is 22.9 Å². The lowest BCUT2D eigenvalue weighted by molar-refractivity contribution is -0.215. The molecule has 0 saturated carbocycles. The van der Waals surface area contributed by atoms with Gasteiger partial charge in [0.1, 0.15) is 41.1 Å². The molecule has 2 heterocycles. The summed E-state index contributed by atoms with van der Waals surface area (Å²) in [5, 5.41) is 42.3. The molecule has 4 rings (SSSR count). The van der Waals surface area contributed by atoms with E-state index in [9.17, 15) is 30.0 Å². The van der Waals surface area contributed by atoms with Crippen molar-refractivity contribution in [3.05, 3.63) is 71.4 Å². The van der Waals surface area contributed by atoms with Crippen LogP contribution >= 0.6 is 0 Å². The number of benzene rings is 2. The Bertz CT molecular complexity index is 1330. The number of aromatic hydroxyl groups is 1. The number of rotatable bonds is 7. The topological polar surface area (TPSA) is 165 Å². The summed E-state index contributed by atoms with van der Waals surface area (Å²) >= 11 is 0. The third-order valence-electron chi connectivity index (χ3n) is 5.84. The van der Waals surface area contributed by atoms with E-state index in [1.807, 2.05) is 24.3 Å². The maximum atomic E-state index is 13.2. The molecule has 4 atom stereocenters. The summed E-state index contributed by atoms with van der Waals surface area (Å²) in [5.74, 6) is -1.29. The van der Waals surface area contributed by atoms with Gasteiger partial charge in [-0.15, -0.1) is 0 Å². The van der Waals surface area contributed by atoms with Gasteiger partial charge in [0.15, 0.2) is 17.6 Å². The number of fused-ring (bicyclic) bond motifs is 1. The van der Waals surface area contributed by atoms with Gasteiger partial charge in [0, 0.05) is 11.8 Å². The van der Waals surface area contributed by atoms with Crippen molar-refractivity contribution in [1.29, 1.82) is 0 Å². The summed E-state index contributed by atoms with van der Waals surface area (Å²) in [6, 6.07) is 10.2. The molecular formula is C26H26O11. The molecule has 1 fully saturated rings.